The first-order valence-electron chi connectivity index (χ1n) is 3.32. The Hall–Kier alpha value is -0.380. The van der Waals surface area contributed by atoms with Crippen LogP contribution in [0.5, 0.6) is 0 Å². The second kappa shape index (κ2) is 6.74. The lowest BCUT2D eigenvalue weighted by Crippen LogP contribution is -2.27. The van der Waals surface area contributed by atoms with Gasteiger partial charge in [0, 0.05) is 6.54 Å². The summed E-state index contributed by atoms with van der Waals surface area (Å²) in [6, 6.07) is 0. The van der Waals surface area contributed by atoms with Gasteiger partial charge in [-0.15, -0.1) is 6.58 Å². The highest BCUT2D eigenvalue weighted by Gasteiger charge is 1.99. The lowest BCUT2D eigenvalue weighted by molar-refractivity contribution is 0.0506. The highest BCUT2D eigenvalue weighted by molar-refractivity contribution is 4.65. The Balaban J connectivity index is 3.04. The smallest absolute Gasteiger partial charge is 0.0897 e. The maximum absolute atomic E-state index is 9.05. The van der Waals surface area contributed by atoms with E-state index in [2.05, 4.69) is 11.9 Å². The molecule has 0 aromatic carbocycles. The molecule has 0 aliphatic rings. The van der Waals surface area contributed by atoms with Gasteiger partial charge in [0.05, 0.1) is 19.3 Å². The molecule has 1 unspecified atom stereocenters. The molecule has 3 nitrogen and oxygen atoms in total. The fourth-order valence-electron chi connectivity index (χ4n) is 0.582. The van der Waals surface area contributed by atoms with Crippen molar-refractivity contribution in [2.24, 2.45) is 0 Å². The summed E-state index contributed by atoms with van der Waals surface area (Å²) in [6.45, 7) is 4.92. The van der Waals surface area contributed by atoms with Gasteiger partial charge < -0.3 is 15.2 Å². The Morgan fingerprint density at radius 1 is 1.80 bits per heavy atom. The second-order valence-corrected chi connectivity index (χ2v) is 2.04. The summed E-state index contributed by atoms with van der Waals surface area (Å²) in [5.41, 5.74) is 0. The van der Waals surface area contributed by atoms with Crippen molar-refractivity contribution in [2.75, 3.05) is 26.8 Å². The van der Waals surface area contributed by atoms with E-state index in [-0.39, 0.29) is 0 Å². The minimum absolute atomic E-state index is 0.368. The molecule has 0 aromatic rings. The number of hydrogen-bond donors (Lipinski definition) is 2. The van der Waals surface area contributed by atoms with E-state index in [1.165, 1.54) is 0 Å². The highest BCUT2D eigenvalue weighted by Crippen LogP contribution is 1.82. The van der Waals surface area contributed by atoms with Crippen LogP contribution in [0.4, 0.5) is 0 Å². The third-order valence-electron chi connectivity index (χ3n) is 0.986. The molecule has 0 heterocycles. The van der Waals surface area contributed by atoms with Crippen LogP contribution >= 0.6 is 0 Å². The normalized spacial score (nSPS) is 13.0. The number of likely N-dealkylation sites (N-methyl/N-ethyl adjacent to an activating group) is 1. The molecule has 0 aromatic heterocycles. The molecule has 0 radical (unpaired) electrons. The molecule has 1 atom stereocenters. The first-order chi connectivity index (χ1) is 4.81. The van der Waals surface area contributed by atoms with Crippen LogP contribution in [-0.2, 0) is 4.74 Å². The van der Waals surface area contributed by atoms with Crippen molar-refractivity contribution in [3.05, 3.63) is 12.7 Å². The summed E-state index contributed by atoms with van der Waals surface area (Å²) in [5, 5.41) is 11.9. The van der Waals surface area contributed by atoms with E-state index in [4.69, 9.17) is 9.84 Å². The van der Waals surface area contributed by atoms with Crippen molar-refractivity contribution in [2.45, 2.75) is 6.10 Å². The zero-order chi connectivity index (χ0) is 7.82. The highest BCUT2D eigenvalue weighted by atomic mass is 16.5. The van der Waals surface area contributed by atoms with Crippen LogP contribution in [0.1, 0.15) is 0 Å². The number of hydrogen-bond acceptors (Lipinski definition) is 3. The van der Waals surface area contributed by atoms with Gasteiger partial charge in [0.25, 0.3) is 0 Å². The van der Waals surface area contributed by atoms with Crippen molar-refractivity contribution >= 4 is 0 Å². The molecule has 0 aliphatic heterocycles. The van der Waals surface area contributed by atoms with E-state index in [0.717, 1.165) is 0 Å². The Kier molecular flexibility index (Phi) is 6.48. The molecule has 2 N–H and O–H groups in total. The third-order valence-corrected chi connectivity index (χ3v) is 0.986. The first-order valence-corrected chi connectivity index (χ1v) is 3.32. The van der Waals surface area contributed by atoms with Crippen molar-refractivity contribution in [3.63, 3.8) is 0 Å². The first kappa shape index (κ1) is 9.62. The van der Waals surface area contributed by atoms with E-state index in [1.54, 1.807) is 13.1 Å². The number of rotatable bonds is 6. The molecule has 3 heteroatoms. The molecular weight excluding hydrogens is 130 g/mol. The molecule has 0 saturated heterocycles. The standard InChI is InChI=1S/C7H15NO2/c1-3-4-10-6-7(9)5-8-2/h3,7-9H,1,4-6H2,2H3. The van der Waals surface area contributed by atoms with Crippen LogP contribution in [0.15, 0.2) is 12.7 Å². The third kappa shape index (κ3) is 5.75. The summed E-state index contributed by atoms with van der Waals surface area (Å²) in [6.07, 6.45) is 1.25. The molecule has 10 heavy (non-hydrogen) atoms. The van der Waals surface area contributed by atoms with Crippen molar-refractivity contribution in [1.29, 1.82) is 0 Å². The van der Waals surface area contributed by atoms with Crippen molar-refractivity contribution < 1.29 is 9.84 Å². The summed E-state index contributed by atoms with van der Waals surface area (Å²) in [7, 11) is 1.79. The van der Waals surface area contributed by atoms with Gasteiger partial charge in [-0.05, 0) is 7.05 Å². The van der Waals surface area contributed by atoms with Crippen LogP contribution in [0.25, 0.3) is 0 Å². The Morgan fingerprint density at radius 2 is 2.50 bits per heavy atom. The summed E-state index contributed by atoms with van der Waals surface area (Å²) in [4.78, 5) is 0. The summed E-state index contributed by atoms with van der Waals surface area (Å²) in [5.74, 6) is 0. The molecule has 0 rings (SSSR count). The monoisotopic (exact) mass is 145 g/mol. The van der Waals surface area contributed by atoms with E-state index in [1.807, 2.05) is 0 Å². The van der Waals surface area contributed by atoms with Crippen LogP contribution in [0, 0.1) is 0 Å². The maximum atomic E-state index is 9.05. The van der Waals surface area contributed by atoms with Crippen LogP contribution in [-0.4, -0.2) is 38.0 Å². The SMILES string of the molecule is C=CCOCC(O)CNC. The summed E-state index contributed by atoms with van der Waals surface area (Å²) >= 11 is 0. The minimum atomic E-state index is -0.412. The second-order valence-electron chi connectivity index (χ2n) is 2.04. The predicted octanol–water partition coefficient (Wildman–Crippen LogP) is -0.231. The minimum Gasteiger partial charge on any atom is -0.389 e. The summed E-state index contributed by atoms with van der Waals surface area (Å²) < 4.78 is 4.99. The van der Waals surface area contributed by atoms with E-state index >= 15 is 0 Å². The molecule has 0 bridgehead atoms. The van der Waals surface area contributed by atoms with Gasteiger partial charge in [0.1, 0.15) is 0 Å². The lowest BCUT2D eigenvalue weighted by Gasteiger charge is -2.08. The van der Waals surface area contributed by atoms with Gasteiger partial charge in [-0.25, -0.2) is 0 Å². The van der Waals surface area contributed by atoms with Crippen LogP contribution < -0.4 is 5.32 Å². The number of aliphatic hydroxyl groups excluding tert-OH is 1. The van der Waals surface area contributed by atoms with Gasteiger partial charge in [-0.3, -0.25) is 0 Å². The average Bonchev–Trinajstić information content (AvgIpc) is 1.89. The van der Waals surface area contributed by atoms with E-state index in [9.17, 15) is 0 Å². The van der Waals surface area contributed by atoms with Crippen molar-refractivity contribution in [1.82, 2.24) is 5.32 Å². The zero-order valence-corrected chi connectivity index (χ0v) is 6.34. The molecule has 0 amide bonds. The van der Waals surface area contributed by atoms with Crippen LogP contribution in [0.2, 0.25) is 0 Å². The average molecular weight is 145 g/mol. The Bertz CT molecular complexity index is 85.7. The Labute approximate surface area is 61.7 Å². The fraction of sp³-hybridized carbons (Fsp3) is 0.714. The Morgan fingerprint density at radius 3 is 3.00 bits per heavy atom. The van der Waals surface area contributed by atoms with Gasteiger partial charge >= 0.3 is 0 Å². The molecule has 0 aliphatic carbocycles. The van der Waals surface area contributed by atoms with Gasteiger partial charge in [0.2, 0.25) is 0 Å². The van der Waals surface area contributed by atoms with E-state index < -0.39 is 6.10 Å². The molecular formula is C7H15NO2. The topological polar surface area (TPSA) is 41.5 Å². The fourth-order valence-corrected chi connectivity index (χ4v) is 0.582. The van der Waals surface area contributed by atoms with Gasteiger partial charge in [-0.2, -0.15) is 0 Å². The van der Waals surface area contributed by atoms with Gasteiger partial charge in [-0.1, -0.05) is 6.08 Å². The molecule has 60 valence electrons. The van der Waals surface area contributed by atoms with Crippen LogP contribution in [0.3, 0.4) is 0 Å². The quantitative estimate of drug-likeness (QED) is 0.400. The molecule has 0 spiro atoms. The van der Waals surface area contributed by atoms with Crippen molar-refractivity contribution in [3.8, 4) is 0 Å². The predicted molar refractivity (Wildman–Crippen MR) is 40.9 cm³/mol. The van der Waals surface area contributed by atoms with Gasteiger partial charge in [0.15, 0.2) is 0 Å². The molecule has 0 saturated carbocycles. The number of aliphatic hydroxyl groups is 1. The largest absolute Gasteiger partial charge is 0.389 e. The number of ether oxygens (including phenoxy) is 1. The number of nitrogens with one attached hydrogen (secondary N) is 1. The zero-order valence-electron chi connectivity index (χ0n) is 6.34. The molecule has 0 fully saturated rings. The lowest BCUT2D eigenvalue weighted by atomic mass is 10.4. The van der Waals surface area contributed by atoms with E-state index in [0.29, 0.717) is 19.8 Å². The maximum Gasteiger partial charge on any atom is 0.0897 e.